The van der Waals surface area contributed by atoms with Crippen molar-refractivity contribution < 1.29 is 13.2 Å². The molecule has 0 saturated heterocycles. The Hall–Kier alpha value is -1.51. The lowest BCUT2D eigenvalue weighted by Gasteiger charge is -2.06. The number of hydrogen-bond acceptors (Lipinski definition) is 0. The quantitative estimate of drug-likeness (QED) is 0.619. The van der Waals surface area contributed by atoms with Crippen LogP contribution < -0.4 is 0 Å². The van der Waals surface area contributed by atoms with E-state index in [1.807, 2.05) is 0 Å². The molecule has 0 saturated carbocycles. The fourth-order valence-corrected chi connectivity index (χ4v) is 1.62. The summed E-state index contributed by atoms with van der Waals surface area (Å²) in [6, 6.07) is 4.58. The second-order valence-corrected chi connectivity index (χ2v) is 3.62. The van der Waals surface area contributed by atoms with E-state index in [2.05, 4.69) is 0 Å². The van der Waals surface area contributed by atoms with E-state index >= 15 is 0 Å². The molecule has 0 spiro atoms. The number of hydrogen-bond donors (Lipinski definition) is 0. The molecule has 2 aromatic carbocycles. The first-order chi connectivity index (χ1) is 7.02. The van der Waals surface area contributed by atoms with Gasteiger partial charge >= 0.3 is 0 Å². The van der Waals surface area contributed by atoms with Crippen LogP contribution in [-0.2, 0) is 0 Å². The molecule has 0 bridgehead atoms. The SMILES string of the molecule is Cc1cc2ccc(C)c(F)c2c(F)c1F. The van der Waals surface area contributed by atoms with Crippen molar-refractivity contribution in [2.24, 2.45) is 0 Å². The molecule has 0 aromatic heterocycles. The highest BCUT2D eigenvalue weighted by atomic mass is 19.2. The van der Waals surface area contributed by atoms with E-state index in [4.69, 9.17) is 0 Å². The average molecular weight is 210 g/mol. The standard InChI is InChI=1S/C12H9F3/c1-6-3-4-8-5-7(2)11(14)12(15)9(8)10(6)13/h3-5H,1-2H3. The summed E-state index contributed by atoms with van der Waals surface area (Å²) >= 11 is 0. The van der Waals surface area contributed by atoms with Crippen LogP contribution in [0.2, 0.25) is 0 Å². The lowest BCUT2D eigenvalue weighted by Crippen LogP contribution is -1.95. The third kappa shape index (κ3) is 1.39. The smallest absolute Gasteiger partial charge is 0.169 e. The Kier molecular flexibility index (Phi) is 2.18. The molecule has 0 nitrogen and oxygen atoms in total. The molecular formula is C12H9F3. The van der Waals surface area contributed by atoms with E-state index in [1.54, 1.807) is 12.1 Å². The zero-order valence-corrected chi connectivity index (χ0v) is 8.37. The molecule has 15 heavy (non-hydrogen) atoms. The van der Waals surface area contributed by atoms with Crippen LogP contribution in [-0.4, -0.2) is 0 Å². The second kappa shape index (κ2) is 3.26. The van der Waals surface area contributed by atoms with Gasteiger partial charge in [0.2, 0.25) is 0 Å². The minimum absolute atomic E-state index is 0.184. The van der Waals surface area contributed by atoms with Gasteiger partial charge in [-0.1, -0.05) is 12.1 Å². The normalized spacial score (nSPS) is 11.0. The van der Waals surface area contributed by atoms with Gasteiger partial charge in [-0.15, -0.1) is 0 Å². The van der Waals surface area contributed by atoms with E-state index in [0.717, 1.165) is 0 Å². The first kappa shape index (κ1) is 10.0. The molecular weight excluding hydrogens is 201 g/mol. The van der Waals surface area contributed by atoms with Crippen LogP contribution in [0.5, 0.6) is 0 Å². The molecule has 0 aliphatic heterocycles. The summed E-state index contributed by atoms with van der Waals surface area (Å²) < 4.78 is 40.3. The first-order valence-corrected chi connectivity index (χ1v) is 4.55. The van der Waals surface area contributed by atoms with Gasteiger partial charge in [-0.3, -0.25) is 0 Å². The molecule has 0 N–H and O–H groups in total. The van der Waals surface area contributed by atoms with Gasteiger partial charge in [0.25, 0.3) is 0 Å². The lowest BCUT2D eigenvalue weighted by molar-refractivity contribution is 0.506. The molecule has 78 valence electrons. The Balaban J connectivity index is 3.00. The molecule has 0 unspecified atom stereocenters. The van der Waals surface area contributed by atoms with Crippen LogP contribution in [0.1, 0.15) is 11.1 Å². The summed E-state index contributed by atoms with van der Waals surface area (Å²) in [5.41, 5.74) is 0.493. The van der Waals surface area contributed by atoms with E-state index in [9.17, 15) is 13.2 Å². The van der Waals surface area contributed by atoms with Crippen molar-refractivity contribution in [1.82, 2.24) is 0 Å². The highest BCUT2D eigenvalue weighted by molar-refractivity contribution is 5.85. The van der Waals surface area contributed by atoms with Gasteiger partial charge in [0.1, 0.15) is 5.82 Å². The molecule has 2 rings (SSSR count). The van der Waals surface area contributed by atoms with Gasteiger partial charge < -0.3 is 0 Å². The van der Waals surface area contributed by atoms with Crippen LogP contribution in [0, 0.1) is 31.3 Å². The first-order valence-electron chi connectivity index (χ1n) is 4.55. The maximum absolute atomic E-state index is 13.6. The van der Waals surface area contributed by atoms with E-state index in [-0.39, 0.29) is 10.9 Å². The van der Waals surface area contributed by atoms with Crippen LogP contribution in [0.15, 0.2) is 18.2 Å². The van der Waals surface area contributed by atoms with Gasteiger partial charge in [-0.05, 0) is 36.4 Å². The number of fused-ring (bicyclic) bond motifs is 1. The van der Waals surface area contributed by atoms with Crippen molar-refractivity contribution in [3.63, 3.8) is 0 Å². The molecule has 0 heterocycles. The van der Waals surface area contributed by atoms with Crippen molar-refractivity contribution in [1.29, 1.82) is 0 Å². The van der Waals surface area contributed by atoms with Gasteiger partial charge in [-0.2, -0.15) is 0 Å². The maximum Gasteiger partial charge on any atom is 0.169 e. The molecule has 2 aromatic rings. The van der Waals surface area contributed by atoms with E-state index in [1.165, 1.54) is 19.9 Å². The molecule has 0 atom stereocenters. The van der Waals surface area contributed by atoms with Crippen LogP contribution in [0.3, 0.4) is 0 Å². The summed E-state index contributed by atoms with van der Waals surface area (Å²) in [6.45, 7) is 2.97. The highest BCUT2D eigenvalue weighted by Crippen LogP contribution is 2.27. The minimum atomic E-state index is -1.11. The Labute approximate surface area is 85.3 Å². The number of rotatable bonds is 0. The van der Waals surface area contributed by atoms with Gasteiger partial charge in [0.05, 0.1) is 5.39 Å². The van der Waals surface area contributed by atoms with Crippen molar-refractivity contribution >= 4 is 10.8 Å². The van der Waals surface area contributed by atoms with Gasteiger partial charge in [-0.25, -0.2) is 13.2 Å². The summed E-state index contributed by atoms with van der Waals surface area (Å²) in [5, 5.41) is 0.118. The zero-order chi connectivity index (χ0) is 11.2. The predicted molar refractivity (Wildman–Crippen MR) is 53.3 cm³/mol. The van der Waals surface area contributed by atoms with Gasteiger partial charge in [0, 0.05) is 0 Å². The second-order valence-electron chi connectivity index (χ2n) is 3.62. The summed E-state index contributed by atoms with van der Waals surface area (Å²) in [5.74, 6) is -2.78. The number of aryl methyl sites for hydroxylation is 2. The van der Waals surface area contributed by atoms with Crippen molar-refractivity contribution in [2.45, 2.75) is 13.8 Å². The van der Waals surface area contributed by atoms with E-state index in [0.29, 0.717) is 10.9 Å². The van der Waals surface area contributed by atoms with Crippen LogP contribution >= 0.6 is 0 Å². The topological polar surface area (TPSA) is 0 Å². The Morgan fingerprint density at radius 3 is 2.13 bits per heavy atom. The Bertz CT molecular complexity index is 544. The van der Waals surface area contributed by atoms with Crippen LogP contribution in [0.25, 0.3) is 10.8 Å². The van der Waals surface area contributed by atoms with Crippen LogP contribution in [0.4, 0.5) is 13.2 Å². The van der Waals surface area contributed by atoms with Crippen molar-refractivity contribution in [3.05, 3.63) is 46.8 Å². The number of halogens is 3. The molecule has 0 amide bonds. The largest absolute Gasteiger partial charge is 0.206 e. The fourth-order valence-electron chi connectivity index (χ4n) is 1.62. The van der Waals surface area contributed by atoms with E-state index < -0.39 is 17.5 Å². The Morgan fingerprint density at radius 1 is 0.800 bits per heavy atom. The number of benzene rings is 2. The van der Waals surface area contributed by atoms with Crippen molar-refractivity contribution in [2.75, 3.05) is 0 Å². The van der Waals surface area contributed by atoms with Gasteiger partial charge in [0.15, 0.2) is 11.6 Å². The zero-order valence-electron chi connectivity index (χ0n) is 8.37. The monoisotopic (exact) mass is 210 g/mol. The lowest BCUT2D eigenvalue weighted by atomic mass is 10.0. The maximum atomic E-state index is 13.6. The summed E-state index contributed by atoms with van der Waals surface area (Å²) in [6.07, 6.45) is 0. The molecule has 0 aliphatic rings. The molecule has 3 heteroatoms. The molecule has 0 aliphatic carbocycles. The minimum Gasteiger partial charge on any atom is -0.206 e. The third-order valence-corrected chi connectivity index (χ3v) is 2.50. The summed E-state index contributed by atoms with van der Waals surface area (Å²) in [7, 11) is 0. The Morgan fingerprint density at radius 2 is 1.47 bits per heavy atom. The van der Waals surface area contributed by atoms with Crippen molar-refractivity contribution in [3.8, 4) is 0 Å². The summed E-state index contributed by atoms with van der Waals surface area (Å²) in [4.78, 5) is 0. The predicted octanol–water partition coefficient (Wildman–Crippen LogP) is 3.87. The average Bonchev–Trinajstić information content (AvgIpc) is 2.20. The fraction of sp³-hybridized carbons (Fsp3) is 0.167. The highest BCUT2D eigenvalue weighted by Gasteiger charge is 2.15. The molecule has 0 radical (unpaired) electrons. The third-order valence-electron chi connectivity index (χ3n) is 2.50. The molecule has 0 fully saturated rings.